The second-order valence-electron chi connectivity index (χ2n) is 8.87. The Labute approximate surface area is 214 Å². The normalized spacial score (nSPS) is 13.1. The summed E-state index contributed by atoms with van der Waals surface area (Å²) in [5.41, 5.74) is 6.34. The number of hydrogen-bond donors (Lipinski definition) is 7. The monoisotopic (exact) mass is 521 g/mol. The highest BCUT2D eigenvalue weighted by atomic mass is 16.4. The number of amides is 4. The maximum Gasteiger partial charge on any atom is 0.322 e. The topological polar surface area (TPSA) is 217 Å². The first kappa shape index (κ1) is 31.0. The van der Waals surface area contributed by atoms with Crippen LogP contribution in [0.5, 0.6) is 0 Å². The molecule has 1 aromatic rings. The van der Waals surface area contributed by atoms with Crippen LogP contribution in [0.15, 0.2) is 30.3 Å². The zero-order chi connectivity index (χ0) is 28.0. The average molecular weight is 522 g/mol. The van der Waals surface area contributed by atoms with Gasteiger partial charge in [0.15, 0.2) is 0 Å². The summed E-state index contributed by atoms with van der Waals surface area (Å²) in [6, 6.07) is 5.53. The molecule has 0 unspecified atom stereocenters. The molecule has 37 heavy (non-hydrogen) atoms. The number of carboxylic acid groups (broad SMARTS) is 2. The van der Waals surface area contributed by atoms with Crippen molar-refractivity contribution in [2.75, 3.05) is 13.1 Å². The van der Waals surface area contributed by atoms with E-state index in [0.29, 0.717) is 0 Å². The number of carboxylic acids is 2. The van der Waals surface area contributed by atoms with Gasteiger partial charge in [0, 0.05) is 12.8 Å². The first-order valence-electron chi connectivity index (χ1n) is 11.8. The second kappa shape index (κ2) is 15.9. The van der Waals surface area contributed by atoms with Crippen molar-refractivity contribution in [2.45, 2.75) is 57.7 Å². The molecule has 0 saturated carbocycles. The summed E-state index contributed by atoms with van der Waals surface area (Å²) in [6.45, 7) is 2.54. The van der Waals surface area contributed by atoms with Crippen LogP contribution in [0.4, 0.5) is 0 Å². The molecule has 1 aromatic carbocycles. The Hall–Kier alpha value is -4.00. The van der Waals surface area contributed by atoms with Crippen LogP contribution in [0.1, 0.15) is 38.7 Å². The predicted octanol–water partition coefficient (Wildman–Crippen LogP) is -1.25. The van der Waals surface area contributed by atoms with E-state index in [1.54, 1.807) is 30.3 Å². The van der Waals surface area contributed by atoms with Crippen LogP contribution in [-0.4, -0.2) is 77.0 Å². The molecule has 204 valence electrons. The summed E-state index contributed by atoms with van der Waals surface area (Å²) in [6.07, 6.45) is -0.107. The molecule has 0 spiro atoms. The highest BCUT2D eigenvalue weighted by molar-refractivity contribution is 5.94. The quantitative estimate of drug-likeness (QED) is 0.138. The second-order valence-corrected chi connectivity index (χ2v) is 8.87. The molecule has 0 bridgehead atoms. The van der Waals surface area contributed by atoms with Gasteiger partial charge in [0.25, 0.3) is 0 Å². The molecule has 0 saturated heterocycles. The molecule has 8 N–H and O–H groups in total. The Balaban J connectivity index is 2.90. The number of hydrogen-bond acceptors (Lipinski definition) is 7. The molecule has 0 aliphatic heterocycles. The first-order valence-corrected chi connectivity index (χ1v) is 11.8. The van der Waals surface area contributed by atoms with Gasteiger partial charge < -0.3 is 37.2 Å². The van der Waals surface area contributed by atoms with Crippen molar-refractivity contribution in [1.29, 1.82) is 0 Å². The highest BCUT2D eigenvalue weighted by Gasteiger charge is 2.28. The SMILES string of the molecule is CC(C)C[C@H](NC(=O)[C@H](Cc1ccccc1)NC(=O)CNC(=O)[C@@H](N)CCC(=O)O)C(=O)NCC(=O)O. The Morgan fingerprint density at radius 3 is 2.00 bits per heavy atom. The van der Waals surface area contributed by atoms with E-state index in [0.717, 1.165) is 5.56 Å². The van der Waals surface area contributed by atoms with Crippen LogP contribution >= 0.6 is 0 Å². The third kappa shape index (κ3) is 13.0. The van der Waals surface area contributed by atoms with Gasteiger partial charge >= 0.3 is 11.9 Å². The van der Waals surface area contributed by atoms with E-state index in [1.807, 2.05) is 13.8 Å². The smallest absolute Gasteiger partial charge is 0.322 e. The van der Waals surface area contributed by atoms with Crippen molar-refractivity contribution in [3.8, 4) is 0 Å². The molecule has 0 heterocycles. The summed E-state index contributed by atoms with van der Waals surface area (Å²) in [4.78, 5) is 71.6. The molecule has 0 radical (unpaired) electrons. The lowest BCUT2D eigenvalue weighted by Crippen LogP contribution is -2.56. The number of aliphatic carboxylic acids is 2. The van der Waals surface area contributed by atoms with Gasteiger partial charge in [-0.05, 0) is 24.3 Å². The van der Waals surface area contributed by atoms with Crippen molar-refractivity contribution in [3.63, 3.8) is 0 Å². The maximum atomic E-state index is 13.1. The zero-order valence-electron chi connectivity index (χ0n) is 20.9. The number of nitrogens with two attached hydrogens (primary N) is 1. The average Bonchev–Trinajstić information content (AvgIpc) is 2.83. The van der Waals surface area contributed by atoms with Crippen LogP contribution in [0.25, 0.3) is 0 Å². The minimum absolute atomic E-state index is 0.0106. The van der Waals surface area contributed by atoms with E-state index >= 15 is 0 Å². The molecule has 0 aliphatic rings. The lowest BCUT2D eigenvalue weighted by atomic mass is 10.0. The lowest BCUT2D eigenvalue weighted by Gasteiger charge is -2.24. The van der Waals surface area contributed by atoms with Gasteiger partial charge in [-0.1, -0.05) is 44.2 Å². The zero-order valence-corrected chi connectivity index (χ0v) is 20.9. The minimum Gasteiger partial charge on any atom is -0.481 e. The van der Waals surface area contributed by atoms with E-state index < -0.39 is 66.8 Å². The summed E-state index contributed by atoms with van der Waals surface area (Å²) >= 11 is 0. The van der Waals surface area contributed by atoms with E-state index in [-0.39, 0.29) is 31.6 Å². The largest absolute Gasteiger partial charge is 0.481 e. The van der Waals surface area contributed by atoms with Gasteiger partial charge in [0.2, 0.25) is 23.6 Å². The minimum atomic E-state index is -1.23. The van der Waals surface area contributed by atoms with Crippen molar-refractivity contribution in [2.24, 2.45) is 11.7 Å². The van der Waals surface area contributed by atoms with E-state index in [2.05, 4.69) is 21.3 Å². The molecule has 3 atom stereocenters. The summed E-state index contributed by atoms with van der Waals surface area (Å²) < 4.78 is 0. The Morgan fingerprint density at radius 2 is 1.43 bits per heavy atom. The van der Waals surface area contributed by atoms with Crippen molar-refractivity contribution < 1.29 is 39.0 Å². The third-order valence-electron chi connectivity index (χ3n) is 5.12. The Bertz CT molecular complexity index is 954. The standard InChI is InChI=1S/C24H35N5O8/c1-14(2)10-17(23(36)27-13-21(33)34)29-24(37)18(11-15-6-4-3-5-7-15)28-19(30)12-26-22(35)16(25)8-9-20(31)32/h3-7,14,16-18H,8-13,25H2,1-2H3,(H,26,35)(H,27,36)(H,28,30)(H,29,37)(H,31,32)(H,33,34)/t16-,17-,18-/m0/s1. The Kier molecular flexibility index (Phi) is 13.3. The van der Waals surface area contributed by atoms with Crippen LogP contribution in [0.2, 0.25) is 0 Å². The van der Waals surface area contributed by atoms with E-state index in [9.17, 15) is 28.8 Å². The van der Waals surface area contributed by atoms with Gasteiger partial charge in [0.1, 0.15) is 18.6 Å². The van der Waals surface area contributed by atoms with Gasteiger partial charge in [0.05, 0.1) is 12.6 Å². The van der Waals surface area contributed by atoms with Crippen LogP contribution in [-0.2, 0) is 35.2 Å². The number of carbonyl (C=O) groups excluding carboxylic acids is 4. The van der Waals surface area contributed by atoms with Gasteiger partial charge in [-0.25, -0.2) is 0 Å². The number of carbonyl (C=O) groups is 6. The van der Waals surface area contributed by atoms with Crippen LogP contribution < -0.4 is 27.0 Å². The molecule has 1 rings (SSSR count). The van der Waals surface area contributed by atoms with Crippen molar-refractivity contribution in [1.82, 2.24) is 21.3 Å². The van der Waals surface area contributed by atoms with Crippen LogP contribution in [0.3, 0.4) is 0 Å². The first-order chi connectivity index (χ1) is 17.4. The number of nitrogens with one attached hydrogen (secondary N) is 4. The molecular weight excluding hydrogens is 486 g/mol. The van der Waals surface area contributed by atoms with Crippen LogP contribution in [0, 0.1) is 5.92 Å². The summed E-state index contributed by atoms with van der Waals surface area (Å²) in [7, 11) is 0. The summed E-state index contributed by atoms with van der Waals surface area (Å²) in [5.74, 6) is -5.11. The fourth-order valence-electron chi connectivity index (χ4n) is 3.27. The molecule has 0 aliphatic carbocycles. The third-order valence-corrected chi connectivity index (χ3v) is 5.12. The Morgan fingerprint density at radius 1 is 0.811 bits per heavy atom. The molecular formula is C24H35N5O8. The number of rotatable bonds is 16. The lowest BCUT2D eigenvalue weighted by molar-refractivity contribution is -0.139. The molecule has 0 fully saturated rings. The predicted molar refractivity (Wildman–Crippen MR) is 132 cm³/mol. The van der Waals surface area contributed by atoms with Gasteiger partial charge in [-0.15, -0.1) is 0 Å². The van der Waals surface area contributed by atoms with Gasteiger partial charge in [-0.3, -0.25) is 28.8 Å². The van der Waals surface area contributed by atoms with Gasteiger partial charge in [-0.2, -0.15) is 0 Å². The fourth-order valence-corrected chi connectivity index (χ4v) is 3.27. The molecule has 13 nitrogen and oxygen atoms in total. The molecule has 0 aromatic heterocycles. The summed E-state index contributed by atoms with van der Waals surface area (Å²) in [5, 5.41) is 27.2. The molecule has 13 heteroatoms. The fraction of sp³-hybridized carbons (Fsp3) is 0.500. The van der Waals surface area contributed by atoms with Crippen molar-refractivity contribution in [3.05, 3.63) is 35.9 Å². The van der Waals surface area contributed by atoms with Crippen molar-refractivity contribution >= 4 is 35.6 Å². The number of benzene rings is 1. The van der Waals surface area contributed by atoms with E-state index in [4.69, 9.17) is 15.9 Å². The maximum absolute atomic E-state index is 13.1. The highest BCUT2D eigenvalue weighted by Crippen LogP contribution is 2.08. The van der Waals surface area contributed by atoms with E-state index in [1.165, 1.54) is 0 Å². The molecule has 4 amide bonds.